The molecule has 0 aromatic heterocycles. The second kappa shape index (κ2) is 8.28. The molecule has 0 aromatic rings. The van der Waals surface area contributed by atoms with E-state index in [-0.39, 0.29) is 12.3 Å². The third-order valence-electron chi connectivity index (χ3n) is 9.68. The van der Waals surface area contributed by atoms with Gasteiger partial charge in [-0.1, -0.05) is 27.4 Å². The Kier molecular flexibility index (Phi) is 6.18. The molecule has 0 unspecified atom stereocenters. The molecule has 0 radical (unpaired) electrons. The van der Waals surface area contributed by atoms with E-state index in [2.05, 4.69) is 6.58 Å². The zero-order valence-electron chi connectivity index (χ0n) is 21.3. The second-order valence-electron chi connectivity index (χ2n) is 11.9. The van der Waals surface area contributed by atoms with Gasteiger partial charge in [-0.15, -0.1) is 0 Å². The molecule has 0 aromatic carbocycles. The van der Waals surface area contributed by atoms with Crippen LogP contribution in [0.25, 0.3) is 0 Å². The van der Waals surface area contributed by atoms with E-state index in [1.54, 1.807) is 0 Å². The highest BCUT2D eigenvalue weighted by atomic mass is 16.6. The molecular weight excluding hydrogens is 456 g/mol. The van der Waals surface area contributed by atoms with E-state index in [0.29, 0.717) is 18.4 Å². The highest BCUT2D eigenvalue weighted by Crippen LogP contribution is 2.73. The van der Waals surface area contributed by atoms with Crippen LogP contribution < -0.4 is 0 Å². The third kappa shape index (κ3) is 3.49. The van der Waals surface area contributed by atoms with Crippen molar-refractivity contribution in [3.05, 3.63) is 12.2 Å². The highest BCUT2D eigenvalue weighted by molar-refractivity contribution is 5.67. The van der Waals surface area contributed by atoms with Crippen LogP contribution in [-0.4, -0.2) is 69.9 Å². The van der Waals surface area contributed by atoms with Crippen molar-refractivity contribution in [2.24, 2.45) is 34.0 Å². The summed E-state index contributed by atoms with van der Waals surface area (Å²) >= 11 is 0. The Labute approximate surface area is 205 Å². The Morgan fingerprint density at radius 2 is 1.46 bits per heavy atom. The molecule has 4 fully saturated rings. The molecule has 1 spiro atoms. The van der Waals surface area contributed by atoms with Crippen LogP contribution in [0.2, 0.25) is 0 Å². The van der Waals surface area contributed by atoms with Crippen molar-refractivity contribution in [1.82, 2.24) is 0 Å². The Hall–Kier alpha value is -1.97. The first-order valence-electron chi connectivity index (χ1n) is 12.3. The number of hydrogen-bond donors (Lipinski definition) is 3. The molecule has 0 aliphatic heterocycles. The van der Waals surface area contributed by atoms with Gasteiger partial charge in [0.05, 0.1) is 18.3 Å². The Morgan fingerprint density at radius 1 is 0.886 bits per heavy atom. The van der Waals surface area contributed by atoms with E-state index in [9.17, 15) is 29.7 Å². The van der Waals surface area contributed by atoms with Crippen molar-refractivity contribution >= 4 is 17.9 Å². The molecule has 0 saturated heterocycles. The fourth-order valence-electron chi connectivity index (χ4n) is 8.69. The normalized spacial score (nSPS) is 47.8. The van der Waals surface area contributed by atoms with Gasteiger partial charge in [-0.25, -0.2) is 0 Å². The number of fused-ring (bicyclic) bond motifs is 3. The van der Waals surface area contributed by atoms with Crippen LogP contribution in [0, 0.1) is 34.0 Å². The Bertz CT molecular complexity index is 943. The topological polar surface area (TPSA) is 140 Å². The van der Waals surface area contributed by atoms with Gasteiger partial charge in [0.2, 0.25) is 0 Å². The van der Waals surface area contributed by atoms with Crippen molar-refractivity contribution in [1.29, 1.82) is 0 Å². The number of carbonyl (C=O) groups excluding carboxylic acids is 3. The summed E-state index contributed by atoms with van der Waals surface area (Å²) in [6, 6.07) is 0. The lowest BCUT2D eigenvalue weighted by Crippen LogP contribution is -2.77. The standard InChI is InChI=1S/C26H38O9/c1-11-15-8-16(33-12(2)27)20-25(7)18(34-13(3)28)9-17(30)24(5,6)21(25)19(31)23(35-14(4)29)26(20,10-15)22(11)32/h15-23,30-32H,1,8-10H2,2-7H3/t15-,16+,17+,18+,19-,20+,21-,22-,23+,25+,26+/m1/s1. The Balaban J connectivity index is 2.02. The zero-order chi connectivity index (χ0) is 26.2. The number of esters is 3. The van der Waals surface area contributed by atoms with Crippen LogP contribution in [0.4, 0.5) is 0 Å². The Morgan fingerprint density at radius 3 is 2.00 bits per heavy atom. The monoisotopic (exact) mass is 494 g/mol. The molecule has 9 nitrogen and oxygen atoms in total. The quantitative estimate of drug-likeness (QED) is 0.303. The predicted octanol–water partition coefficient (Wildman–Crippen LogP) is 1.51. The minimum absolute atomic E-state index is 0.115. The van der Waals surface area contributed by atoms with Crippen molar-refractivity contribution in [3.63, 3.8) is 0 Å². The average Bonchev–Trinajstić information content (AvgIpc) is 2.90. The summed E-state index contributed by atoms with van der Waals surface area (Å²) in [7, 11) is 0. The SMILES string of the molecule is C=C1[C@@H]2C[C@H](OC(C)=O)[C@H]3[C@]4(C)[C@@H](OC(C)=O)C[C@H](O)C(C)(C)[C@H]4[C@@H](O)[C@H](OC(C)=O)[C@]3(C2)[C@@H]1O. The van der Waals surface area contributed by atoms with Gasteiger partial charge in [0, 0.05) is 49.9 Å². The predicted molar refractivity (Wildman–Crippen MR) is 122 cm³/mol. The molecule has 4 aliphatic carbocycles. The summed E-state index contributed by atoms with van der Waals surface area (Å²) in [5.74, 6) is -3.24. The van der Waals surface area contributed by atoms with Crippen molar-refractivity contribution in [2.45, 2.75) is 97.4 Å². The second-order valence-corrected chi connectivity index (χ2v) is 11.9. The van der Waals surface area contributed by atoms with E-state index >= 15 is 0 Å². The molecule has 0 amide bonds. The van der Waals surface area contributed by atoms with Gasteiger partial charge >= 0.3 is 17.9 Å². The maximum Gasteiger partial charge on any atom is 0.303 e. The van der Waals surface area contributed by atoms with Crippen LogP contribution >= 0.6 is 0 Å². The summed E-state index contributed by atoms with van der Waals surface area (Å²) < 4.78 is 17.4. The van der Waals surface area contributed by atoms with Gasteiger partial charge in [0.25, 0.3) is 0 Å². The van der Waals surface area contributed by atoms with E-state index in [1.807, 2.05) is 20.8 Å². The first-order valence-corrected chi connectivity index (χ1v) is 12.3. The minimum Gasteiger partial charge on any atom is -0.462 e. The lowest BCUT2D eigenvalue weighted by Gasteiger charge is -2.70. The number of rotatable bonds is 3. The average molecular weight is 495 g/mol. The summed E-state index contributed by atoms with van der Waals surface area (Å²) in [6.07, 6.45) is -5.14. The number of hydrogen-bond acceptors (Lipinski definition) is 9. The molecule has 196 valence electrons. The van der Waals surface area contributed by atoms with Crippen LogP contribution in [-0.2, 0) is 28.6 Å². The fourth-order valence-corrected chi connectivity index (χ4v) is 8.69. The largest absolute Gasteiger partial charge is 0.462 e. The van der Waals surface area contributed by atoms with Gasteiger partial charge in [0.1, 0.15) is 18.3 Å². The maximum atomic E-state index is 12.3. The van der Waals surface area contributed by atoms with Gasteiger partial charge in [-0.05, 0) is 29.7 Å². The molecule has 4 aliphatic rings. The lowest BCUT2D eigenvalue weighted by molar-refractivity contribution is -0.323. The van der Waals surface area contributed by atoms with E-state index in [1.165, 1.54) is 20.8 Å². The maximum absolute atomic E-state index is 12.3. The summed E-state index contributed by atoms with van der Waals surface area (Å²) in [4.78, 5) is 36.7. The van der Waals surface area contributed by atoms with E-state index in [0.717, 1.165) is 0 Å². The van der Waals surface area contributed by atoms with Gasteiger partial charge in [-0.3, -0.25) is 14.4 Å². The summed E-state index contributed by atoms with van der Waals surface area (Å²) in [5.41, 5.74) is -2.59. The smallest absolute Gasteiger partial charge is 0.303 e. The first kappa shape index (κ1) is 26.1. The molecule has 4 saturated carbocycles. The first-order chi connectivity index (χ1) is 16.1. The van der Waals surface area contributed by atoms with Gasteiger partial charge in [-0.2, -0.15) is 0 Å². The highest BCUT2D eigenvalue weighted by Gasteiger charge is 2.79. The summed E-state index contributed by atoms with van der Waals surface area (Å²) in [6.45, 7) is 13.5. The van der Waals surface area contributed by atoms with Crippen molar-refractivity contribution < 1.29 is 43.9 Å². The molecule has 0 heterocycles. The zero-order valence-corrected chi connectivity index (χ0v) is 21.3. The summed E-state index contributed by atoms with van der Waals surface area (Å²) in [5, 5.41) is 34.7. The minimum atomic E-state index is -1.29. The molecule has 2 bridgehead atoms. The molecule has 11 atom stereocenters. The molecule has 35 heavy (non-hydrogen) atoms. The van der Waals surface area contributed by atoms with Crippen LogP contribution in [0.5, 0.6) is 0 Å². The molecule has 3 N–H and O–H groups in total. The molecule has 4 rings (SSSR count). The number of ether oxygens (including phenoxy) is 3. The third-order valence-corrected chi connectivity index (χ3v) is 9.68. The van der Waals surface area contributed by atoms with Crippen LogP contribution in [0.15, 0.2) is 12.2 Å². The van der Waals surface area contributed by atoms with Crippen molar-refractivity contribution in [3.8, 4) is 0 Å². The fraction of sp³-hybridized carbons (Fsp3) is 0.808. The van der Waals surface area contributed by atoms with Crippen molar-refractivity contribution in [2.75, 3.05) is 0 Å². The van der Waals surface area contributed by atoms with Gasteiger partial charge < -0.3 is 29.5 Å². The number of aliphatic hydroxyl groups is 3. The van der Waals surface area contributed by atoms with Crippen LogP contribution in [0.1, 0.15) is 60.8 Å². The molecule has 9 heteroatoms. The van der Waals surface area contributed by atoms with Gasteiger partial charge in [0.15, 0.2) is 0 Å². The van der Waals surface area contributed by atoms with E-state index < -0.39 is 82.6 Å². The van der Waals surface area contributed by atoms with Crippen LogP contribution in [0.3, 0.4) is 0 Å². The van der Waals surface area contributed by atoms with E-state index in [4.69, 9.17) is 14.2 Å². The number of carbonyl (C=O) groups is 3. The lowest BCUT2D eigenvalue weighted by atomic mass is 9.37. The molecular formula is C26H38O9. The number of aliphatic hydroxyl groups excluding tert-OH is 3.